The number of Topliss-reactive ketones (excluding diaryl/α,β-unsaturated/α-hetero) is 1. The van der Waals surface area contributed by atoms with Gasteiger partial charge in [-0.25, -0.2) is 0 Å². The molecule has 0 aliphatic rings. The predicted molar refractivity (Wildman–Crippen MR) is 54.6 cm³/mol. The quantitative estimate of drug-likeness (QED) is 0.663. The lowest BCUT2D eigenvalue weighted by Crippen LogP contribution is -2.21. The minimum atomic E-state index is 0.0319. The van der Waals surface area contributed by atoms with Crippen LogP contribution < -0.4 is 0 Å². The third-order valence-corrected chi connectivity index (χ3v) is 2.54. The summed E-state index contributed by atoms with van der Waals surface area (Å²) >= 11 is 0. The fourth-order valence-electron chi connectivity index (χ4n) is 1.65. The van der Waals surface area contributed by atoms with Crippen molar-refractivity contribution >= 4 is 5.78 Å². The van der Waals surface area contributed by atoms with Crippen molar-refractivity contribution in [2.75, 3.05) is 6.61 Å². The fraction of sp³-hybridized carbons (Fsp3) is 0.909. The number of aliphatic hydroxyl groups is 1. The van der Waals surface area contributed by atoms with Crippen LogP contribution in [-0.4, -0.2) is 17.5 Å². The number of hydrogen-bond acceptors (Lipinski definition) is 2. The smallest absolute Gasteiger partial charge is 0.129 e. The molecule has 0 aliphatic carbocycles. The molecule has 0 aromatic rings. The average Bonchev–Trinajstić information content (AvgIpc) is 2.04. The highest BCUT2D eigenvalue weighted by atomic mass is 16.3. The van der Waals surface area contributed by atoms with Crippen LogP contribution in [0.2, 0.25) is 0 Å². The van der Waals surface area contributed by atoms with Gasteiger partial charge in [0.15, 0.2) is 0 Å². The Hall–Kier alpha value is -0.370. The first-order valence-corrected chi connectivity index (χ1v) is 5.14. The summed E-state index contributed by atoms with van der Waals surface area (Å²) in [6, 6.07) is 0. The molecule has 0 heterocycles. The van der Waals surface area contributed by atoms with Crippen molar-refractivity contribution in [3.63, 3.8) is 0 Å². The zero-order valence-corrected chi connectivity index (χ0v) is 9.10. The van der Waals surface area contributed by atoms with Crippen LogP contribution in [0, 0.1) is 5.41 Å². The normalized spacial score (nSPS) is 15.4. The van der Waals surface area contributed by atoms with Gasteiger partial charge in [-0.05, 0) is 31.6 Å². The lowest BCUT2D eigenvalue weighted by molar-refractivity contribution is -0.117. The van der Waals surface area contributed by atoms with E-state index in [1.54, 1.807) is 6.92 Å². The number of ketones is 1. The van der Waals surface area contributed by atoms with Crippen molar-refractivity contribution in [2.45, 2.75) is 52.9 Å². The summed E-state index contributed by atoms with van der Waals surface area (Å²) in [4.78, 5) is 10.7. The Morgan fingerprint density at radius 1 is 1.38 bits per heavy atom. The Bertz CT molecular complexity index is 154. The van der Waals surface area contributed by atoms with Crippen molar-refractivity contribution in [2.24, 2.45) is 5.41 Å². The van der Waals surface area contributed by atoms with Gasteiger partial charge in [0.1, 0.15) is 5.78 Å². The summed E-state index contributed by atoms with van der Waals surface area (Å²) in [5.41, 5.74) is 0.0319. The van der Waals surface area contributed by atoms with Crippen LogP contribution in [-0.2, 0) is 4.79 Å². The van der Waals surface area contributed by atoms with Crippen LogP contribution in [0.1, 0.15) is 52.9 Å². The maximum Gasteiger partial charge on any atom is 0.129 e. The Balaban J connectivity index is 3.76. The molecule has 2 nitrogen and oxygen atoms in total. The van der Waals surface area contributed by atoms with Gasteiger partial charge in [0, 0.05) is 13.0 Å². The van der Waals surface area contributed by atoms with E-state index in [4.69, 9.17) is 0 Å². The molecule has 0 aromatic carbocycles. The Morgan fingerprint density at radius 2 is 2.00 bits per heavy atom. The average molecular weight is 186 g/mol. The Morgan fingerprint density at radius 3 is 2.38 bits per heavy atom. The number of carbonyl (C=O) groups is 1. The molecular formula is C11H22O2. The topological polar surface area (TPSA) is 37.3 Å². The second-order valence-electron chi connectivity index (χ2n) is 4.27. The van der Waals surface area contributed by atoms with Crippen molar-refractivity contribution < 1.29 is 9.90 Å². The SMILES string of the molecule is CCCC(C)(CO)CCCC(C)=O. The molecule has 78 valence electrons. The van der Waals surface area contributed by atoms with Crippen LogP contribution in [0.15, 0.2) is 0 Å². The minimum Gasteiger partial charge on any atom is -0.396 e. The molecule has 0 spiro atoms. The molecular weight excluding hydrogens is 164 g/mol. The molecule has 1 atom stereocenters. The number of aliphatic hydroxyl groups excluding tert-OH is 1. The van der Waals surface area contributed by atoms with Crippen LogP contribution in [0.4, 0.5) is 0 Å². The van der Waals surface area contributed by atoms with E-state index < -0.39 is 0 Å². The lowest BCUT2D eigenvalue weighted by atomic mass is 9.81. The van der Waals surface area contributed by atoms with Gasteiger partial charge < -0.3 is 9.90 Å². The molecule has 1 N–H and O–H groups in total. The third kappa shape index (κ3) is 5.81. The Kier molecular flexibility index (Phi) is 5.97. The summed E-state index contributed by atoms with van der Waals surface area (Å²) in [6.45, 7) is 6.07. The van der Waals surface area contributed by atoms with Crippen molar-refractivity contribution in [3.05, 3.63) is 0 Å². The molecule has 1 unspecified atom stereocenters. The van der Waals surface area contributed by atoms with E-state index in [1.165, 1.54) is 0 Å². The largest absolute Gasteiger partial charge is 0.396 e. The van der Waals surface area contributed by atoms with Crippen LogP contribution in [0.5, 0.6) is 0 Å². The van der Waals surface area contributed by atoms with Crippen molar-refractivity contribution in [1.29, 1.82) is 0 Å². The highest BCUT2D eigenvalue weighted by Gasteiger charge is 2.21. The van der Waals surface area contributed by atoms with Crippen LogP contribution in [0.25, 0.3) is 0 Å². The summed E-state index contributed by atoms with van der Waals surface area (Å²) < 4.78 is 0. The van der Waals surface area contributed by atoms with Gasteiger partial charge in [0.05, 0.1) is 0 Å². The molecule has 0 bridgehead atoms. The lowest BCUT2D eigenvalue weighted by Gasteiger charge is -2.26. The molecule has 0 rings (SSSR count). The first-order valence-electron chi connectivity index (χ1n) is 5.14. The van der Waals surface area contributed by atoms with E-state index in [9.17, 15) is 9.90 Å². The van der Waals surface area contributed by atoms with Gasteiger partial charge >= 0.3 is 0 Å². The van der Waals surface area contributed by atoms with Crippen molar-refractivity contribution in [1.82, 2.24) is 0 Å². The number of hydrogen-bond donors (Lipinski definition) is 1. The monoisotopic (exact) mass is 186 g/mol. The molecule has 2 heteroatoms. The van der Waals surface area contributed by atoms with E-state index in [0.29, 0.717) is 6.42 Å². The van der Waals surface area contributed by atoms with E-state index in [2.05, 4.69) is 13.8 Å². The summed E-state index contributed by atoms with van der Waals surface area (Å²) in [5.74, 6) is 0.247. The highest BCUT2D eigenvalue weighted by Crippen LogP contribution is 2.28. The van der Waals surface area contributed by atoms with Crippen LogP contribution in [0.3, 0.4) is 0 Å². The van der Waals surface area contributed by atoms with Gasteiger partial charge in [-0.2, -0.15) is 0 Å². The van der Waals surface area contributed by atoms with Gasteiger partial charge in [-0.1, -0.05) is 20.3 Å². The molecule has 0 aliphatic heterocycles. The second kappa shape index (κ2) is 6.14. The zero-order valence-electron chi connectivity index (χ0n) is 9.10. The van der Waals surface area contributed by atoms with Gasteiger partial charge in [-0.3, -0.25) is 0 Å². The molecule has 0 fully saturated rings. The molecule has 0 amide bonds. The number of rotatable bonds is 7. The maximum atomic E-state index is 10.7. The summed E-state index contributed by atoms with van der Waals surface area (Å²) in [6.07, 6.45) is 4.65. The first kappa shape index (κ1) is 12.6. The Labute approximate surface area is 81.3 Å². The predicted octanol–water partition coefficient (Wildman–Crippen LogP) is 2.54. The molecule has 0 aromatic heterocycles. The molecule has 0 saturated heterocycles. The molecule has 13 heavy (non-hydrogen) atoms. The zero-order chi connectivity index (χ0) is 10.3. The molecule has 0 radical (unpaired) electrons. The first-order chi connectivity index (χ1) is 6.04. The number of carbonyl (C=O) groups excluding carboxylic acids is 1. The third-order valence-electron chi connectivity index (χ3n) is 2.54. The minimum absolute atomic E-state index is 0.0319. The van der Waals surface area contributed by atoms with Crippen molar-refractivity contribution in [3.8, 4) is 0 Å². The van der Waals surface area contributed by atoms with E-state index >= 15 is 0 Å². The van der Waals surface area contributed by atoms with Crippen LogP contribution >= 0.6 is 0 Å². The second-order valence-corrected chi connectivity index (χ2v) is 4.27. The molecule has 0 saturated carbocycles. The summed E-state index contributed by atoms with van der Waals surface area (Å²) in [7, 11) is 0. The fourth-order valence-corrected chi connectivity index (χ4v) is 1.65. The maximum absolute atomic E-state index is 10.7. The van der Waals surface area contributed by atoms with Gasteiger partial charge in [0.2, 0.25) is 0 Å². The van der Waals surface area contributed by atoms with E-state index in [1.807, 2.05) is 0 Å². The highest BCUT2D eigenvalue weighted by molar-refractivity contribution is 5.75. The van der Waals surface area contributed by atoms with E-state index in [0.717, 1.165) is 25.7 Å². The standard InChI is InChI=1S/C11H22O2/c1-4-7-11(3,9-12)8-5-6-10(2)13/h12H,4-9H2,1-3H3. The summed E-state index contributed by atoms with van der Waals surface area (Å²) in [5, 5.41) is 9.20. The van der Waals surface area contributed by atoms with Gasteiger partial charge in [-0.15, -0.1) is 0 Å². The van der Waals surface area contributed by atoms with E-state index in [-0.39, 0.29) is 17.8 Å². The van der Waals surface area contributed by atoms with Gasteiger partial charge in [0.25, 0.3) is 0 Å².